The van der Waals surface area contributed by atoms with Crippen molar-refractivity contribution in [3.05, 3.63) is 39.3 Å². The highest BCUT2D eigenvalue weighted by atomic mass is 79.9. The zero-order valence-electron chi connectivity index (χ0n) is 8.90. The molecule has 0 aliphatic carbocycles. The van der Waals surface area contributed by atoms with Gasteiger partial charge in [-0.05, 0) is 12.1 Å². The van der Waals surface area contributed by atoms with Crippen LogP contribution in [0.1, 0.15) is 0 Å². The summed E-state index contributed by atoms with van der Waals surface area (Å²) in [5, 5.41) is 6.30. The van der Waals surface area contributed by atoms with Crippen LogP contribution in [0.2, 0.25) is 10.0 Å². The van der Waals surface area contributed by atoms with Gasteiger partial charge in [0.15, 0.2) is 0 Å². The SMILES string of the molecule is C=CCNCC(=O)Nc1c(Cl)cc(Br)cc1Cl. The van der Waals surface area contributed by atoms with Crippen LogP contribution >= 0.6 is 39.1 Å². The van der Waals surface area contributed by atoms with Crippen LogP contribution in [0, 0.1) is 0 Å². The molecule has 0 unspecified atom stereocenters. The second kappa shape index (κ2) is 7.01. The average Bonchev–Trinajstić information content (AvgIpc) is 2.24. The van der Waals surface area contributed by atoms with Gasteiger partial charge in [0.2, 0.25) is 5.91 Å². The van der Waals surface area contributed by atoms with E-state index in [0.717, 1.165) is 4.47 Å². The summed E-state index contributed by atoms with van der Waals surface area (Å²) >= 11 is 15.2. The van der Waals surface area contributed by atoms with Gasteiger partial charge < -0.3 is 10.6 Å². The molecule has 0 saturated carbocycles. The minimum absolute atomic E-state index is 0.175. The van der Waals surface area contributed by atoms with E-state index in [1.165, 1.54) is 0 Å². The van der Waals surface area contributed by atoms with Gasteiger partial charge in [0, 0.05) is 11.0 Å². The van der Waals surface area contributed by atoms with Gasteiger partial charge in [-0.1, -0.05) is 45.2 Å². The number of rotatable bonds is 5. The van der Waals surface area contributed by atoms with E-state index in [1.54, 1.807) is 18.2 Å². The standard InChI is InChI=1S/C11H11BrCl2N2O/c1-2-3-15-6-10(17)16-11-8(13)4-7(12)5-9(11)14/h2,4-5,15H,1,3,6H2,(H,16,17). The summed E-state index contributed by atoms with van der Waals surface area (Å²) in [4.78, 5) is 11.5. The highest BCUT2D eigenvalue weighted by Crippen LogP contribution is 2.33. The van der Waals surface area contributed by atoms with Gasteiger partial charge in [0.25, 0.3) is 0 Å². The smallest absolute Gasteiger partial charge is 0.238 e. The second-order valence-corrected chi connectivity index (χ2v) is 4.94. The average molecular weight is 338 g/mol. The zero-order chi connectivity index (χ0) is 12.8. The molecule has 0 aliphatic rings. The van der Waals surface area contributed by atoms with Crippen molar-refractivity contribution in [3.8, 4) is 0 Å². The number of halogens is 3. The van der Waals surface area contributed by atoms with Crippen LogP contribution in [-0.2, 0) is 4.79 Å². The van der Waals surface area contributed by atoms with Gasteiger partial charge in [-0.3, -0.25) is 4.79 Å². The van der Waals surface area contributed by atoms with Gasteiger partial charge >= 0.3 is 0 Å². The quantitative estimate of drug-likeness (QED) is 0.638. The summed E-state index contributed by atoms with van der Waals surface area (Å²) in [6.07, 6.45) is 1.67. The van der Waals surface area contributed by atoms with Gasteiger partial charge in [-0.25, -0.2) is 0 Å². The normalized spacial score (nSPS) is 10.1. The fourth-order valence-corrected chi connectivity index (χ4v) is 2.44. The Morgan fingerprint density at radius 3 is 2.53 bits per heavy atom. The van der Waals surface area contributed by atoms with Crippen molar-refractivity contribution in [2.75, 3.05) is 18.4 Å². The largest absolute Gasteiger partial charge is 0.322 e. The molecular weight excluding hydrogens is 327 g/mol. The van der Waals surface area contributed by atoms with Crippen LogP contribution in [0.5, 0.6) is 0 Å². The summed E-state index contributed by atoms with van der Waals surface area (Å²) < 4.78 is 0.760. The van der Waals surface area contributed by atoms with Crippen LogP contribution in [0.3, 0.4) is 0 Å². The van der Waals surface area contributed by atoms with Crippen LogP contribution in [0.4, 0.5) is 5.69 Å². The van der Waals surface area contributed by atoms with E-state index >= 15 is 0 Å². The number of amides is 1. The molecule has 0 aliphatic heterocycles. The number of anilines is 1. The Kier molecular flexibility index (Phi) is 5.98. The predicted octanol–water partition coefficient (Wildman–Crippen LogP) is 3.47. The molecule has 1 amide bonds. The van der Waals surface area contributed by atoms with E-state index in [0.29, 0.717) is 22.3 Å². The van der Waals surface area contributed by atoms with Crippen molar-refractivity contribution >= 4 is 50.7 Å². The van der Waals surface area contributed by atoms with E-state index in [4.69, 9.17) is 23.2 Å². The molecule has 0 aromatic heterocycles. The molecule has 0 spiro atoms. The molecule has 6 heteroatoms. The molecular formula is C11H11BrCl2N2O. The molecule has 1 aromatic carbocycles. The maximum atomic E-state index is 11.5. The van der Waals surface area contributed by atoms with E-state index in [-0.39, 0.29) is 12.5 Å². The Bertz CT molecular complexity index is 414. The first-order chi connectivity index (χ1) is 8.04. The lowest BCUT2D eigenvalue weighted by atomic mass is 10.3. The zero-order valence-corrected chi connectivity index (χ0v) is 12.0. The fraction of sp³-hybridized carbons (Fsp3) is 0.182. The summed E-state index contributed by atoms with van der Waals surface area (Å²) in [7, 11) is 0. The lowest BCUT2D eigenvalue weighted by Gasteiger charge is -2.10. The number of carbonyl (C=O) groups excluding carboxylic acids is 1. The van der Waals surface area contributed by atoms with Crippen molar-refractivity contribution in [2.24, 2.45) is 0 Å². The molecule has 0 bridgehead atoms. The molecule has 0 heterocycles. The molecule has 1 rings (SSSR count). The third-order valence-corrected chi connectivity index (χ3v) is 2.90. The van der Waals surface area contributed by atoms with Gasteiger partial charge in [-0.15, -0.1) is 6.58 Å². The molecule has 0 radical (unpaired) electrons. The number of hydrogen-bond donors (Lipinski definition) is 2. The predicted molar refractivity (Wildman–Crippen MR) is 75.9 cm³/mol. The number of benzene rings is 1. The topological polar surface area (TPSA) is 41.1 Å². The highest BCUT2D eigenvalue weighted by molar-refractivity contribution is 9.10. The maximum absolute atomic E-state index is 11.5. The van der Waals surface area contributed by atoms with Gasteiger partial charge in [-0.2, -0.15) is 0 Å². The van der Waals surface area contributed by atoms with Crippen molar-refractivity contribution in [3.63, 3.8) is 0 Å². The third-order valence-electron chi connectivity index (χ3n) is 1.85. The summed E-state index contributed by atoms with van der Waals surface area (Å²) in [5.74, 6) is -0.210. The number of hydrogen-bond acceptors (Lipinski definition) is 2. The Labute approximate surface area is 118 Å². The number of carbonyl (C=O) groups is 1. The first kappa shape index (κ1) is 14.5. The van der Waals surface area contributed by atoms with Crippen LogP contribution in [-0.4, -0.2) is 19.0 Å². The minimum atomic E-state index is -0.210. The molecule has 17 heavy (non-hydrogen) atoms. The molecule has 0 saturated heterocycles. The van der Waals surface area contributed by atoms with Crippen molar-refractivity contribution in [1.82, 2.24) is 5.32 Å². The van der Waals surface area contributed by atoms with Gasteiger partial charge in [0.1, 0.15) is 0 Å². The van der Waals surface area contributed by atoms with E-state index in [2.05, 4.69) is 33.1 Å². The van der Waals surface area contributed by atoms with Crippen LogP contribution in [0.25, 0.3) is 0 Å². The summed E-state index contributed by atoms with van der Waals surface area (Å²) in [6.45, 7) is 4.28. The monoisotopic (exact) mass is 336 g/mol. The molecule has 0 fully saturated rings. The molecule has 2 N–H and O–H groups in total. The Morgan fingerprint density at radius 2 is 2.00 bits per heavy atom. The van der Waals surface area contributed by atoms with Crippen molar-refractivity contribution in [2.45, 2.75) is 0 Å². The maximum Gasteiger partial charge on any atom is 0.238 e. The lowest BCUT2D eigenvalue weighted by Crippen LogP contribution is -2.28. The molecule has 0 atom stereocenters. The van der Waals surface area contributed by atoms with Crippen molar-refractivity contribution in [1.29, 1.82) is 0 Å². The Morgan fingerprint density at radius 1 is 1.41 bits per heavy atom. The Hall–Kier alpha value is -0.550. The lowest BCUT2D eigenvalue weighted by molar-refractivity contribution is -0.115. The summed E-state index contributed by atoms with van der Waals surface area (Å²) in [5.41, 5.74) is 0.418. The third kappa shape index (κ3) is 4.68. The van der Waals surface area contributed by atoms with E-state index < -0.39 is 0 Å². The van der Waals surface area contributed by atoms with E-state index in [1.807, 2.05) is 0 Å². The van der Waals surface area contributed by atoms with Crippen molar-refractivity contribution < 1.29 is 4.79 Å². The van der Waals surface area contributed by atoms with E-state index in [9.17, 15) is 4.79 Å². The van der Waals surface area contributed by atoms with Crippen LogP contribution in [0.15, 0.2) is 29.3 Å². The van der Waals surface area contributed by atoms with Crippen LogP contribution < -0.4 is 10.6 Å². The minimum Gasteiger partial charge on any atom is -0.322 e. The fourth-order valence-electron chi connectivity index (χ4n) is 1.13. The first-order valence-corrected chi connectivity index (χ1v) is 6.35. The summed E-state index contributed by atoms with van der Waals surface area (Å²) in [6, 6.07) is 3.33. The molecule has 3 nitrogen and oxygen atoms in total. The Balaban J connectivity index is 2.68. The highest BCUT2D eigenvalue weighted by Gasteiger charge is 2.10. The second-order valence-electron chi connectivity index (χ2n) is 3.21. The number of nitrogens with one attached hydrogen (secondary N) is 2. The molecule has 1 aromatic rings. The molecule has 92 valence electrons. The first-order valence-electron chi connectivity index (χ1n) is 4.80. The van der Waals surface area contributed by atoms with Gasteiger partial charge in [0.05, 0.1) is 22.3 Å².